The molecule has 6 heteroatoms. The Balaban J connectivity index is 2.24. The first-order valence-electron chi connectivity index (χ1n) is 6.24. The lowest BCUT2D eigenvalue weighted by atomic mass is 10.2. The van der Waals surface area contributed by atoms with Crippen molar-refractivity contribution in [1.29, 1.82) is 0 Å². The van der Waals surface area contributed by atoms with Gasteiger partial charge in [-0.1, -0.05) is 18.7 Å². The second kappa shape index (κ2) is 7.13. The lowest BCUT2D eigenvalue weighted by molar-refractivity contribution is -0.121. The first kappa shape index (κ1) is 16.1. The Kier molecular flexibility index (Phi) is 5.46. The van der Waals surface area contributed by atoms with Gasteiger partial charge < -0.3 is 4.74 Å². The third-order valence-corrected chi connectivity index (χ3v) is 4.80. The SMILES string of the molecule is C=CCOc1ccc(C=C2SC(=NC)N(C)C2=O)cc1I. The third-order valence-electron chi connectivity index (χ3n) is 2.81. The molecule has 0 N–H and O–H groups in total. The Morgan fingerprint density at radius 1 is 1.52 bits per heavy atom. The Bertz CT molecular complexity index is 641. The van der Waals surface area contributed by atoms with Gasteiger partial charge in [0.05, 0.1) is 8.48 Å². The largest absolute Gasteiger partial charge is 0.488 e. The Morgan fingerprint density at radius 3 is 2.86 bits per heavy atom. The van der Waals surface area contributed by atoms with E-state index in [2.05, 4.69) is 34.2 Å². The number of amides is 1. The van der Waals surface area contributed by atoms with Gasteiger partial charge in [0.25, 0.3) is 5.91 Å². The average Bonchev–Trinajstić information content (AvgIpc) is 2.74. The Hall–Kier alpha value is -1.28. The number of hydrogen-bond acceptors (Lipinski definition) is 4. The molecule has 1 aromatic rings. The van der Waals surface area contributed by atoms with Gasteiger partial charge in [0.1, 0.15) is 12.4 Å². The molecule has 0 bridgehead atoms. The molecule has 2 rings (SSSR count). The number of thioether (sulfide) groups is 1. The van der Waals surface area contributed by atoms with Gasteiger partial charge in [-0.15, -0.1) is 0 Å². The second-order valence-corrected chi connectivity index (χ2v) is 6.44. The van der Waals surface area contributed by atoms with Crippen LogP contribution in [0.4, 0.5) is 0 Å². The molecule has 4 nitrogen and oxygen atoms in total. The molecule has 1 amide bonds. The van der Waals surface area contributed by atoms with E-state index in [1.807, 2.05) is 24.3 Å². The average molecular weight is 414 g/mol. The quantitative estimate of drug-likeness (QED) is 0.431. The van der Waals surface area contributed by atoms with Crippen molar-refractivity contribution in [3.8, 4) is 5.75 Å². The van der Waals surface area contributed by atoms with Gasteiger partial charge >= 0.3 is 0 Å². The molecule has 0 spiro atoms. The van der Waals surface area contributed by atoms with E-state index in [0.29, 0.717) is 16.7 Å². The molecule has 0 unspecified atom stereocenters. The summed E-state index contributed by atoms with van der Waals surface area (Å²) < 4.78 is 6.54. The van der Waals surface area contributed by atoms with Gasteiger partial charge in [-0.25, -0.2) is 0 Å². The van der Waals surface area contributed by atoms with E-state index >= 15 is 0 Å². The number of amidine groups is 1. The molecular weight excluding hydrogens is 399 g/mol. The summed E-state index contributed by atoms with van der Waals surface area (Å²) in [5.74, 6) is 0.790. The lowest BCUT2D eigenvalue weighted by Crippen LogP contribution is -2.23. The summed E-state index contributed by atoms with van der Waals surface area (Å²) in [6, 6.07) is 5.82. The van der Waals surface area contributed by atoms with Gasteiger partial charge in [0.15, 0.2) is 5.17 Å². The van der Waals surface area contributed by atoms with Crippen molar-refractivity contribution < 1.29 is 9.53 Å². The van der Waals surface area contributed by atoms with Crippen LogP contribution in [0.5, 0.6) is 5.75 Å². The number of hydrogen-bond donors (Lipinski definition) is 0. The summed E-state index contributed by atoms with van der Waals surface area (Å²) in [7, 11) is 3.41. The van der Waals surface area contributed by atoms with Crippen molar-refractivity contribution in [1.82, 2.24) is 4.90 Å². The zero-order valence-corrected chi connectivity index (χ0v) is 14.8. The number of likely N-dealkylation sites (N-methyl/N-ethyl adjacent to an activating group) is 1. The fourth-order valence-electron chi connectivity index (χ4n) is 1.77. The zero-order valence-electron chi connectivity index (χ0n) is 11.8. The predicted octanol–water partition coefficient (Wildman–Crippen LogP) is 3.39. The van der Waals surface area contributed by atoms with Crippen molar-refractivity contribution in [2.45, 2.75) is 0 Å². The summed E-state index contributed by atoms with van der Waals surface area (Å²) in [6.07, 6.45) is 3.59. The van der Waals surface area contributed by atoms with Gasteiger partial charge in [0, 0.05) is 14.1 Å². The molecule has 0 aromatic heterocycles. The number of benzene rings is 1. The van der Waals surface area contributed by atoms with Crippen LogP contribution < -0.4 is 4.74 Å². The highest BCUT2D eigenvalue weighted by molar-refractivity contribution is 14.1. The summed E-state index contributed by atoms with van der Waals surface area (Å²) >= 11 is 3.60. The van der Waals surface area contributed by atoms with E-state index in [0.717, 1.165) is 14.9 Å². The third kappa shape index (κ3) is 3.68. The monoisotopic (exact) mass is 414 g/mol. The Morgan fingerprint density at radius 2 is 2.29 bits per heavy atom. The van der Waals surface area contributed by atoms with E-state index in [4.69, 9.17) is 4.74 Å². The molecule has 0 radical (unpaired) electrons. The van der Waals surface area contributed by atoms with Crippen molar-refractivity contribution in [2.24, 2.45) is 4.99 Å². The molecule has 1 aromatic carbocycles. The topological polar surface area (TPSA) is 41.9 Å². The maximum Gasteiger partial charge on any atom is 0.266 e. The minimum Gasteiger partial charge on any atom is -0.488 e. The van der Waals surface area contributed by atoms with E-state index in [1.165, 1.54) is 11.8 Å². The highest BCUT2D eigenvalue weighted by Crippen LogP contribution is 2.32. The molecule has 1 fully saturated rings. The van der Waals surface area contributed by atoms with Crippen LogP contribution in [-0.2, 0) is 4.79 Å². The molecule has 1 aliphatic rings. The Labute approximate surface area is 142 Å². The second-order valence-electron chi connectivity index (χ2n) is 4.27. The number of nitrogens with zero attached hydrogens (tertiary/aromatic N) is 2. The predicted molar refractivity (Wildman–Crippen MR) is 96.5 cm³/mol. The molecule has 0 saturated carbocycles. The summed E-state index contributed by atoms with van der Waals surface area (Å²) in [4.78, 5) is 18.4. The number of aliphatic imine (C=N–C) groups is 1. The normalized spacial score (nSPS) is 18.6. The summed E-state index contributed by atoms with van der Waals surface area (Å²) in [5, 5.41) is 0.715. The van der Waals surface area contributed by atoms with Crippen LogP contribution in [0.15, 0.2) is 40.8 Å². The lowest BCUT2D eigenvalue weighted by Gasteiger charge is -2.07. The van der Waals surface area contributed by atoms with Gasteiger partial charge in [-0.05, 0) is 58.1 Å². The first-order chi connectivity index (χ1) is 10.1. The first-order valence-corrected chi connectivity index (χ1v) is 8.14. The molecule has 1 heterocycles. The summed E-state index contributed by atoms with van der Waals surface area (Å²) in [6.45, 7) is 4.11. The molecule has 0 aliphatic carbocycles. The standard InChI is InChI=1S/C15H15IN2O2S/c1-4-7-20-12-6-5-10(8-11(12)16)9-13-14(19)18(3)15(17-2)21-13/h4-6,8-9H,1,7H2,2-3H3. The van der Waals surface area contributed by atoms with Crippen LogP contribution in [-0.4, -0.2) is 36.7 Å². The van der Waals surface area contributed by atoms with E-state index in [-0.39, 0.29) is 5.91 Å². The van der Waals surface area contributed by atoms with Crippen LogP contribution >= 0.6 is 34.4 Å². The van der Waals surface area contributed by atoms with Crippen LogP contribution in [0.25, 0.3) is 6.08 Å². The van der Waals surface area contributed by atoms with Crippen molar-refractivity contribution in [2.75, 3.05) is 20.7 Å². The smallest absolute Gasteiger partial charge is 0.266 e. The van der Waals surface area contributed by atoms with Gasteiger partial charge in [0.2, 0.25) is 0 Å². The van der Waals surface area contributed by atoms with Gasteiger partial charge in [-0.3, -0.25) is 14.7 Å². The van der Waals surface area contributed by atoms with E-state index in [1.54, 1.807) is 25.1 Å². The number of carbonyl (C=O) groups excluding carboxylic acids is 1. The highest BCUT2D eigenvalue weighted by Gasteiger charge is 2.29. The van der Waals surface area contributed by atoms with Crippen molar-refractivity contribution in [3.63, 3.8) is 0 Å². The number of rotatable bonds is 4. The molecule has 110 valence electrons. The van der Waals surface area contributed by atoms with Crippen molar-refractivity contribution >= 4 is 51.5 Å². The van der Waals surface area contributed by atoms with E-state index < -0.39 is 0 Å². The number of ether oxygens (including phenoxy) is 1. The molecule has 0 atom stereocenters. The fraction of sp³-hybridized carbons (Fsp3) is 0.200. The van der Waals surface area contributed by atoms with Crippen LogP contribution in [0, 0.1) is 3.57 Å². The molecule has 1 aliphatic heterocycles. The maximum absolute atomic E-state index is 12.1. The van der Waals surface area contributed by atoms with Crippen LogP contribution in [0.1, 0.15) is 5.56 Å². The van der Waals surface area contributed by atoms with E-state index in [9.17, 15) is 4.79 Å². The molecule has 21 heavy (non-hydrogen) atoms. The number of carbonyl (C=O) groups is 1. The van der Waals surface area contributed by atoms with Crippen molar-refractivity contribution in [3.05, 3.63) is 44.9 Å². The maximum atomic E-state index is 12.1. The zero-order chi connectivity index (χ0) is 15.4. The van der Waals surface area contributed by atoms with Crippen LogP contribution in [0.3, 0.4) is 0 Å². The highest BCUT2D eigenvalue weighted by atomic mass is 127. The molecule has 1 saturated heterocycles. The van der Waals surface area contributed by atoms with Gasteiger partial charge in [-0.2, -0.15) is 0 Å². The number of halogens is 1. The minimum absolute atomic E-state index is 0.0254. The minimum atomic E-state index is -0.0254. The molecular formula is C15H15IN2O2S. The fourth-order valence-corrected chi connectivity index (χ4v) is 3.40. The summed E-state index contributed by atoms with van der Waals surface area (Å²) in [5.41, 5.74) is 0.965. The van der Waals surface area contributed by atoms with Crippen LogP contribution in [0.2, 0.25) is 0 Å².